The molecule has 21 heavy (non-hydrogen) atoms. The van der Waals surface area contributed by atoms with Crippen LogP contribution in [0.2, 0.25) is 0 Å². The highest BCUT2D eigenvalue weighted by atomic mass is 19.4. The molecule has 0 unspecified atom stereocenters. The fourth-order valence-electron chi connectivity index (χ4n) is 1.68. The van der Waals surface area contributed by atoms with E-state index in [-0.39, 0.29) is 13.1 Å². The molecule has 0 spiro atoms. The number of hydrogen-bond acceptors (Lipinski definition) is 3. The molecule has 0 saturated heterocycles. The van der Waals surface area contributed by atoms with Gasteiger partial charge in [-0.25, -0.2) is 0 Å². The Morgan fingerprint density at radius 2 is 2.14 bits per heavy atom. The first-order valence-corrected chi connectivity index (χ1v) is 6.27. The third-order valence-electron chi connectivity index (χ3n) is 2.74. The lowest BCUT2D eigenvalue weighted by atomic mass is 10.3. The molecular weight excluding hydrogens is 287 g/mol. The van der Waals surface area contributed by atoms with Crippen molar-refractivity contribution in [2.24, 2.45) is 0 Å². The van der Waals surface area contributed by atoms with Crippen LogP contribution in [0.3, 0.4) is 0 Å². The van der Waals surface area contributed by atoms with Crippen molar-refractivity contribution in [3.63, 3.8) is 0 Å². The van der Waals surface area contributed by atoms with Crippen molar-refractivity contribution in [3.05, 3.63) is 35.9 Å². The Hall–Kier alpha value is -2.32. The normalized spacial score (nSPS) is 11.6. The summed E-state index contributed by atoms with van der Waals surface area (Å²) in [5.74, 6) is -0.420. The van der Waals surface area contributed by atoms with E-state index in [1.165, 1.54) is 0 Å². The van der Waals surface area contributed by atoms with Gasteiger partial charge in [-0.3, -0.25) is 14.2 Å². The van der Waals surface area contributed by atoms with Crippen molar-refractivity contribution in [1.82, 2.24) is 24.9 Å². The number of nitrogens with one attached hydrogen (secondary N) is 1. The quantitative estimate of drug-likeness (QED) is 0.908. The van der Waals surface area contributed by atoms with Gasteiger partial charge in [0.25, 0.3) is 0 Å². The van der Waals surface area contributed by atoms with Gasteiger partial charge in [-0.1, -0.05) is 0 Å². The Morgan fingerprint density at radius 1 is 1.38 bits per heavy atom. The van der Waals surface area contributed by atoms with Gasteiger partial charge in [-0.05, 0) is 13.0 Å². The molecular formula is C12H14F3N5O. The maximum absolute atomic E-state index is 12.4. The number of nitrogens with zero attached hydrogens (tertiary/aromatic N) is 4. The van der Waals surface area contributed by atoms with Crippen LogP contribution in [0.5, 0.6) is 0 Å². The zero-order valence-corrected chi connectivity index (χ0v) is 11.3. The Bertz CT molecular complexity index is 616. The lowest BCUT2D eigenvalue weighted by molar-refractivity contribution is -0.141. The number of carbonyl (C=O) groups is 1. The first-order chi connectivity index (χ1) is 9.88. The Kier molecular flexibility index (Phi) is 4.29. The van der Waals surface area contributed by atoms with Gasteiger partial charge in [-0.15, -0.1) is 0 Å². The van der Waals surface area contributed by atoms with E-state index in [1.54, 1.807) is 17.1 Å². The minimum absolute atomic E-state index is 0.266. The molecule has 2 rings (SSSR count). The smallest absolute Gasteiger partial charge is 0.350 e. The fourth-order valence-corrected chi connectivity index (χ4v) is 1.68. The van der Waals surface area contributed by atoms with Gasteiger partial charge >= 0.3 is 6.18 Å². The molecule has 0 fully saturated rings. The van der Waals surface area contributed by atoms with Crippen LogP contribution in [0.15, 0.2) is 24.7 Å². The third-order valence-corrected chi connectivity index (χ3v) is 2.74. The molecule has 0 aliphatic heterocycles. The van der Waals surface area contributed by atoms with Crippen molar-refractivity contribution in [3.8, 4) is 0 Å². The van der Waals surface area contributed by atoms with Crippen LogP contribution >= 0.6 is 0 Å². The van der Waals surface area contributed by atoms with Crippen LogP contribution in [0, 0.1) is 0 Å². The Labute approximate surface area is 118 Å². The predicted molar refractivity (Wildman–Crippen MR) is 67.0 cm³/mol. The van der Waals surface area contributed by atoms with E-state index in [9.17, 15) is 18.0 Å². The number of carbonyl (C=O) groups excluding carboxylic acids is 1. The number of rotatable bonds is 5. The first-order valence-electron chi connectivity index (χ1n) is 6.27. The average Bonchev–Trinajstić information content (AvgIpc) is 3.04. The molecule has 6 nitrogen and oxygen atoms in total. The number of aromatic nitrogens is 4. The Morgan fingerprint density at radius 3 is 2.71 bits per heavy atom. The topological polar surface area (TPSA) is 64.7 Å². The number of alkyl halides is 3. The minimum atomic E-state index is -4.50. The van der Waals surface area contributed by atoms with Gasteiger partial charge in [0.05, 0.1) is 6.20 Å². The van der Waals surface area contributed by atoms with Crippen LogP contribution in [-0.2, 0) is 30.6 Å². The van der Waals surface area contributed by atoms with Crippen LogP contribution in [0.1, 0.15) is 18.2 Å². The molecule has 0 radical (unpaired) electrons. The number of amides is 1. The van der Waals surface area contributed by atoms with Gasteiger partial charge in [0.1, 0.15) is 6.54 Å². The molecule has 114 valence electrons. The summed E-state index contributed by atoms with van der Waals surface area (Å²) >= 11 is 0. The second-order valence-electron chi connectivity index (χ2n) is 4.38. The van der Waals surface area contributed by atoms with Gasteiger partial charge in [0, 0.05) is 31.0 Å². The number of halogens is 3. The van der Waals surface area contributed by atoms with E-state index in [1.807, 2.05) is 6.92 Å². The van der Waals surface area contributed by atoms with E-state index in [4.69, 9.17) is 0 Å². The molecule has 9 heteroatoms. The number of aryl methyl sites for hydroxylation is 1. The minimum Gasteiger partial charge on any atom is -0.350 e. The number of hydrogen-bond donors (Lipinski definition) is 1. The van der Waals surface area contributed by atoms with Crippen LogP contribution < -0.4 is 5.32 Å². The van der Waals surface area contributed by atoms with Crippen LogP contribution in [0.25, 0.3) is 0 Å². The predicted octanol–water partition coefficient (Wildman–Crippen LogP) is 1.43. The SMILES string of the molecule is CCn1cc(CNC(=O)Cn2ccc(C(F)(F)F)n2)cn1. The van der Waals surface area contributed by atoms with Crippen LogP contribution in [-0.4, -0.2) is 25.5 Å². The van der Waals surface area contributed by atoms with Crippen molar-refractivity contribution < 1.29 is 18.0 Å². The summed E-state index contributed by atoms with van der Waals surface area (Å²) < 4.78 is 39.7. The lowest BCUT2D eigenvalue weighted by Gasteiger charge is -2.04. The zero-order chi connectivity index (χ0) is 15.5. The lowest BCUT2D eigenvalue weighted by Crippen LogP contribution is -2.27. The summed E-state index contributed by atoms with van der Waals surface area (Å²) in [5.41, 5.74) is -0.193. The molecule has 0 atom stereocenters. The third kappa shape index (κ3) is 4.07. The summed E-state index contributed by atoms with van der Waals surface area (Å²) in [6, 6.07) is 0.832. The second-order valence-corrected chi connectivity index (χ2v) is 4.38. The zero-order valence-electron chi connectivity index (χ0n) is 11.3. The van der Waals surface area contributed by atoms with Gasteiger partial charge in [0.2, 0.25) is 5.91 Å². The van der Waals surface area contributed by atoms with Crippen molar-refractivity contribution in [2.75, 3.05) is 0 Å². The molecule has 0 bridgehead atoms. The highest BCUT2D eigenvalue weighted by Crippen LogP contribution is 2.27. The molecule has 2 heterocycles. The Balaban J connectivity index is 1.85. The van der Waals surface area contributed by atoms with Crippen molar-refractivity contribution >= 4 is 5.91 Å². The highest BCUT2D eigenvalue weighted by Gasteiger charge is 2.33. The standard InChI is InChI=1S/C12H14F3N5O/c1-2-19-7-9(6-17-19)5-16-11(21)8-20-4-3-10(18-20)12(13,14)15/h3-4,6-7H,2,5,8H2,1H3,(H,16,21). The van der Waals surface area contributed by atoms with E-state index < -0.39 is 17.8 Å². The average molecular weight is 301 g/mol. The largest absolute Gasteiger partial charge is 0.435 e. The summed E-state index contributed by atoms with van der Waals surface area (Å²) in [4.78, 5) is 11.6. The van der Waals surface area contributed by atoms with Gasteiger partial charge in [0.15, 0.2) is 5.69 Å². The maximum Gasteiger partial charge on any atom is 0.435 e. The van der Waals surface area contributed by atoms with Crippen LogP contribution in [0.4, 0.5) is 13.2 Å². The van der Waals surface area contributed by atoms with E-state index in [0.717, 1.165) is 29.1 Å². The highest BCUT2D eigenvalue weighted by molar-refractivity contribution is 5.75. The van der Waals surface area contributed by atoms with Crippen molar-refractivity contribution in [1.29, 1.82) is 0 Å². The summed E-state index contributed by atoms with van der Waals surface area (Å²) in [5, 5.41) is 9.96. The molecule has 0 aliphatic carbocycles. The van der Waals surface area contributed by atoms with Gasteiger partial charge < -0.3 is 5.32 Å². The first kappa shape index (κ1) is 15.1. The van der Waals surface area contributed by atoms with E-state index >= 15 is 0 Å². The summed E-state index contributed by atoms with van der Waals surface area (Å²) in [6.07, 6.45) is 0.0311. The second kappa shape index (κ2) is 5.98. The fraction of sp³-hybridized carbons (Fsp3) is 0.417. The maximum atomic E-state index is 12.4. The van der Waals surface area contributed by atoms with E-state index in [2.05, 4.69) is 15.5 Å². The van der Waals surface area contributed by atoms with Gasteiger partial charge in [-0.2, -0.15) is 23.4 Å². The molecule has 0 saturated carbocycles. The molecule has 2 aromatic heterocycles. The molecule has 1 N–H and O–H groups in total. The van der Waals surface area contributed by atoms with Crippen molar-refractivity contribution in [2.45, 2.75) is 32.7 Å². The molecule has 1 amide bonds. The molecule has 0 aliphatic rings. The molecule has 2 aromatic rings. The molecule has 0 aromatic carbocycles. The van der Waals surface area contributed by atoms with E-state index in [0.29, 0.717) is 0 Å². The monoisotopic (exact) mass is 301 g/mol. The summed E-state index contributed by atoms with van der Waals surface area (Å²) in [6.45, 7) is 2.66. The summed E-state index contributed by atoms with van der Waals surface area (Å²) in [7, 11) is 0.